The average molecular weight is 401 g/mol. The lowest BCUT2D eigenvalue weighted by atomic mass is 9.82. The van der Waals surface area contributed by atoms with Crippen LogP contribution in [0.3, 0.4) is 0 Å². The van der Waals surface area contributed by atoms with Crippen molar-refractivity contribution < 1.29 is 0 Å². The van der Waals surface area contributed by atoms with Crippen LogP contribution >= 0.6 is 0 Å². The minimum absolute atomic E-state index is 0. The molecule has 29 heavy (non-hydrogen) atoms. The molecule has 1 aromatic rings. The van der Waals surface area contributed by atoms with Gasteiger partial charge in [0.1, 0.15) is 0 Å². The molecule has 1 aliphatic rings. The van der Waals surface area contributed by atoms with E-state index in [2.05, 4.69) is 133 Å². The molecule has 0 atom stereocenters. The monoisotopic (exact) mass is 400 g/mol. The molecule has 0 fully saturated rings. The highest BCUT2D eigenvalue weighted by Crippen LogP contribution is 2.30. The van der Waals surface area contributed by atoms with Crippen LogP contribution in [0.25, 0.3) is 0 Å². The molecule has 2 rings (SSSR count). The smallest absolute Gasteiger partial charge is 0.0127 e. The van der Waals surface area contributed by atoms with Gasteiger partial charge in [-0.2, -0.15) is 0 Å². The van der Waals surface area contributed by atoms with Gasteiger partial charge in [0.05, 0.1) is 0 Å². The van der Waals surface area contributed by atoms with Crippen LogP contribution in [0.15, 0.2) is 48.1 Å². The lowest BCUT2D eigenvalue weighted by Gasteiger charge is -2.23. The summed E-state index contributed by atoms with van der Waals surface area (Å²) in [7, 11) is 0. The van der Waals surface area contributed by atoms with E-state index >= 15 is 0 Å². The molecule has 0 aliphatic heterocycles. The summed E-state index contributed by atoms with van der Waals surface area (Å²) in [6.45, 7) is 29.0. The largest absolute Gasteiger partial charge is 0.0804 e. The second kappa shape index (κ2) is 11.2. The second-order valence-corrected chi connectivity index (χ2v) is 12.7. The predicted molar refractivity (Wildman–Crippen MR) is 137 cm³/mol. The summed E-state index contributed by atoms with van der Waals surface area (Å²) in [4.78, 5) is 0. The van der Waals surface area contributed by atoms with E-state index in [4.69, 9.17) is 0 Å². The van der Waals surface area contributed by atoms with Gasteiger partial charge in [-0.15, -0.1) is 0 Å². The summed E-state index contributed by atoms with van der Waals surface area (Å²) in [5.41, 5.74) is 5.76. The Morgan fingerprint density at radius 1 is 0.552 bits per heavy atom. The maximum absolute atomic E-state index is 2.26. The summed E-state index contributed by atoms with van der Waals surface area (Å²) in [5.74, 6) is 0. The van der Waals surface area contributed by atoms with E-state index in [9.17, 15) is 0 Å². The minimum Gasteiger partial charge on any atom is -0.0804 e. The van der Waals surface area contributed by atoms with Crippen molar-refractivity contribution in [1.29, 1.82) is 0 Å². The maximum Gasteiger partial charge on any atom is -0.0127 e. The Morgan fingerprint density at radius 3 is 1.00 bits per heavy atom. The Kier molecular flexibility index (Phi) is 11.5. The summed E-state index contributed by atoms with van der Waals surface area (Å²) < 4.78 is 0. The molecule has 0 spiro atoms. The highest BCUT2D eigenvalue weighted by molar-refractivity contribution is 5.31. The third-order valence-corrected chi connectivity index (χ3v) is 4.35. The summed E-state index contributed by atoms with van der Waals surface area (Å²) in [6.07, 6.45) is 7.73. The molecule has 0 heterocycles. The van der Waals surface area contributed by atoms with Crippen molar-refractivity contribution in [2.45, 2.75) is 115 Å². The Bertz CT molecular complexity index is 585. The normalized spacial score (nSPS) is 14.0. The van der Waals surface area contributed by atoms with Crippen molar-refractivity contribution in [2.75, 3.05) is 0 Å². The highest BCUT2D eigenvalue weighted by atomic mass is 14.2. The van der Waals surface area contributed by atoms with Crippen LogP contribution in [0, 0.1) is 10.8 Å². The molecule has 0 nitrogen and oxygen atoms in total. The third-order valence-electron chi connectivity index (χ3n) is 4.35. The van der Waals surface area contributed by atoms with Gasteiger partial charge in [0, 0.05) is 0 Å². The second-order valence-electron chi connectivity index (χ2n) is 12.7. The van der Waals surface area contributed by atoms with E-state index < -0.39 is 0 Å². The zero-order chi connectivity index (χ0) is 22.4. The van der Waals surface area contributed by atoms with Crippen molar-refractivity contribution >= 4 is 0 Å². The van der Waals surface area contributed by atoms with Gasteiger partial charge >= 0.3 is 0 Å². The quantitative estimate of drug-likeness (QED) is 0.406. The van der Waals surface area contributed by atoms with Crippen molar-refractivity contribution in [3.05, 3.63) is 59.2 Å². The van der Waals surface area contributed by atoms with Crippen LogP contribution in [0.2, 0.25) is 0 Å². The van der Waals surface area contributed by atoms with Crippen LogP contribution in [0.1, 0.15) is 115 Å². The van der Waals surface area contributed by atoms with E-state index in [1.165, 1.54) is 11.1 Å². The lowest BCUT2D eigenvalue weighted by molar-refractivity contribution is 0.469. The molecular weight excluding hydrogens is 348 g/mol. The summed E-state index contributed by atoms with van der Waals surface area (Å²) in [6, 6.07) is 9.00. The minimum atomic E-state index is 0. The van der Waals surface area contributed by atoms with Crippen molar-refractivity contribution in [1.82, 2.24) is 0 Å². The standard InChI is InChI=1S/C14H22.C9H14.C5H12.CH4/c1-13(2,3)11-7-9-12(10-8-11)14(4,5)6;1-9(2,3)8-6-4-5-7-8;1-5(2,3)4;/h7-10H,1-6H3;4-6H,7H2,1-3H3;1-4H3;1H4. The molecule has 0 N–H and O–H groups in total. The van der Waals surface area contributed by atoms with E-state index in [0.29, 0.717) is 10.8 Å². The fraction of sp³-hybridized carbons (Fsp3) is 0.655. The molecule has 0 bridgehead atoms. The topological polar surface area (TPSA) is 0 Å². The molecule has 0 heteroatoms. The maximum atomic E-state index is 2.26. The fourth-order valence-electron chi connectivity index (χ4n) is 2.47. The average Bonchev–Trinajstić information content (AvgIpc) is 2.98. The molecule has 0 saturated heterocycles. The summed E-state index contributed by atoms with van der Waals surface area (Å²) in [5, 5.41) is 0. The van der Waals surface area contributed by atoms with Crippen molar-refractivity contribution in [3.63, 3.8) is 0 Å². The molecule has 0 saturated carbocycles. The third kappa shape index (κ3) is 14.3. The van der Waals surface area contributed by atoms with Crippen LogP contribution < -0.4 is 0 Å². The number of allylic oxidation sites excluding steroid dienone is 4. The van der Waals surface area contributed by atoms with E-state index in [1.54, 1.807) is 5.57 Å². The predicted octanol–water partition coefficient (Wildman–Crippen LogP) is 9.89. The van der Waals surface area contributed by atoms with Gasteiger partial charge < -0.3 is 0 Å². The van der Waals surface area contributed by atoms with Crippen LogP contribution in [-0.2, 0) is 10.8 Å². The molecule has 0 radical (unpaired) electrons. The Labute approximate surface area is 184 Å². The first-order valence-electron chi connectivity index (χ1n) is 10.8. The van der Waals surface area contributed by atoms with Gasteiger partial charge in [0.15, 0.2) is 0 Å². The van der Waals surface area contributed by atoms with Gasteiger partial charge in [-0.05, 0) is 39.2 Å². The molecule has 168 valence electrons. The van der Waals surface area contributed by atoms with E-state index in [0.717, 1.165) is 6.42 Å². The Morgan fingerprint density at radius 2 is 0.862 bits per heavy atom. The van der Waals surface area contributed by atoms with Crippen LogP contribution in [0.5, 0.6) is 0 Å². The highest BCUT2D eigenvalue weighted by Gasteiger charge is 2.17. The SMILES string of the molecule is C.CC(C)(C)C.CC(C)(C)C1=CC=CC1.CC(C)(C)c1ccc(C(C)(C)C)cc1. The first-order valence-corrected chi connectivity index (χ1v) is 10.8. The van der Waals surface area contributed by atoms with Crippen LogP contribution in [-0.4, -0.2) is 0 Å². The van der Waals surface area contributed by atoms with Crippen molar-refractivity contribution in [3.8, 4) is 0 Å². The molecule has 1 aliphatic carbocycles. The fourth-order valence-corrected chi connectivity index (χ4v) is 2.47. The zero-order valence-corrected chi connectivity index (χ0v) is 21.2. The van der Waals surface area contributed by atoms with Gasteiger partial charge in [-0.25, -0.2) is 0 Å². The van der Waals surface area contributed by atoms with Gasteiger partial charge in [0.25, 0.3) is 0 Å². The molecule has 1 aromatic carbocycles. The van der Waals surface area contributed by atoms with E-state index in [-0.39, 0.29) is 18.3 Å². The lowest BCUT2D eigenvalue weighted by Crippen LogP contribution is -2.14. The van der Waals surface area contributed by atoms with Gasteiger partial charge in [0.2, 0.25) is 0 Å². The number of hydrogen-bond donors (Lipinski definition) is 0. The molecule has 0 unspecified atom stereocenters. The first kappa shape index (κ1) is 29.9. The number of benzene rings is 1. The van der Waals surface area contributed by atoms with Gasteiger partial charge in [-0.3, -0.25) is 0 Å². The van der Waals surface area contributed by atoms with E-state index in [1.807, 2.05) is 0 Å². The zero-order valence-electron chi connectivity index (χ0n) is 21.2. The molecule has 0 aromatic heterocycles. The number of hydrogen-bond acceptors (Lipinski definition) is 0. The first-order chi connectivity index (χ1) is 12.3. The molecular formula is C29H52. The molecule has 0 amide bonds. The Hall–Kier alpha value is -1.30. The number of rotatable bonds is 0. The van der Waals surface area contributed by atoms with Crippen molar-refractivity contribution in [2.24, 2.45) is 10.8 Å². The Balaban J connectivity index is 0. The summed E-state index contributed by atoms with van der Waals surface area (Å²) >= 11 is 0. The van der Waals surface area contributed by atoms with Gasteiger partial charge in [-0.1, -0.05) is 146 Å². The van der Waals surface area contributed by atoms with Crippen LogP contribution in [0.4, 0.5) is 0 Å².